The van der Waals surface area contributed by atoms with Crippen LogP contribution in [0.2, 0.25) is 0 Å². The third kappa shape index (κ3) is 10.5. The van der Waals surface area contributed by atoms with E-state index in [2.05, 4.69) is 0 Å². The van der Waals surface area contributed by atoms with E-state index in [4.69, 9.17) is 33.2 Å². The molecule has 0 aliphatic carbocycles. The van der Waals surface area contributed by atoms with Gasteiger partial charge in [-0.3, -0.25) is 9.59 Å². The van der Waals surface area contributed by atoms with Crippen molar-refractivity contribution < 1.29 is 66.7 Å². The minimum atomic E-state index is -1.77. The number of benzene rings is 3. The van der Waals surface area contributed by atoms with Crippen LogP contribution in [0, 0.1) is 0 Å². The Morgan fingerprint density at radius 1 is 0.593 bits per heavy atom. The van der Waals surface area contributed by atoms with Gasteiger partial charge < -0.3 is 38.1 Å². The van der Waals surface area contributed by atoms with Gasteiger partial charge in [-0.15, -0.1) is 0 Å². The smallest absolute Gasteiger partial charge is 0.347 e. The fourth-order valence-corrected chi connectivity index (χ4v) is 5.51. The largest absolute Gasteiger partial charge is 0.462 e. The number of hydrogen-bond acceptors (Lipinski definition) is 15. The van der Waals surface area contributed by atoms with Gasteiger partial charge in [0.1, 0.15) is 12.6 Å². The highest BCUT2D eigenvalue weighted by atomic mass is 16.6. The lowest BCUT2D eigenvalue weighted by molar-refractivity contribution is -0.164. The molecule has 0 saturated carbocycles. The predicted octanol–water partition coefficient (Wildman–Crippen LogP) is 3.81. The molecule has 15 nitrogen and oxygen atoms in total. The van der Waals surface area contributed by atoms with Crippen LogP contribution in [-0.2, 0) is 52.3 Å². The van der Waals surface area contributed by atoms with Crippen LogP contribution in [-0.4, -0.2) is 97.1 Å². The molecule has 3 aromatic rings. The average Bonchev–Trinajstić information content (AvgIpc) is 3.42. The van der Waals surface area contributed by atoms with Gasteiger partial charge >= 0.3 is 41.8 Å². The summed E-state index contributed by atoms with van der Waals surface area (Å²) in [6, 6.07) is 21.7. The van der Waals surface area contributed by atoms with Crippen molar-refractivity contribution in [3.63, 3.8) is 0 Å². The summed E-state index contributed by atoms with van der Waals surface area (Å²) >= 11 is 0. The predicted molar refractivity (Wildman–Crippen MR) is 186 cm³/mol. The van der Waals surface area contributed by atoms with Gasteiger partial charge in [0.2, 0.25) is 6.23 Å². The molecule has 0 N–H and O–H groups in total. The molecule has 1 heterocycles. The number of carbonyl (C=O) groups is 7. The first-order chi connectivity index (χ1) is 25.9. The highest BCUT2D eigenvalue weighted by Crippen LogP contribution is 2.36. The molecule has 0 spiro atoms. The molecule has 0 amide bonds. The van der Waals surface area contributed by atoms with E-state index in [1.54, 1.807) is 54.6 Å². The van der Waals surface area contributed by atoms with Crippen molar-refractivity contribution in [1.82, 2.24) is 4.90 Å². The van der Waals surface area contributed by atoms with E-state index in [1.807, 2.05) is 0 Å². The monoisotopic (exact) mass is 745 g/mol. The van der Waals surface area contributed by atoms with E-state index in [-0.39, 0.29) is 29.9 Å². The Balaban J connectivity index is 1.96. The standard InChI is InChI=1S/C39H39NO14/c1-5-48-38(46)29(39(47)49-6-2)22-40-31(30(51-24(3)41)23-50-35(43)26-16-10-7-11-17-26)32(53-36(44)27-18-12-8-13-19-27)33(34(40)52-25(4)42)54-37(45)28-20-14-9-15-21-28/h7-22,30-34H,5-6,23H2,1-4H3/t30-,31+,32+,33-,34-/m1/s1. The molecular weight excluding hydrogens is 706 g/mol. The molecule has 4 rings (SSSR count). The fourth-order valence-electron chi connectivity index (χ4n) is 5.51. The first-order valence-corrected chi connectivity index (χ1v) is 16.9. The van der Waals surface area contributed by atoms with E-state index in [1.165, 1.54) is 50.2 Å². The van der Waals surface area contributed by atoms with Crippen LogP contribution in [0.3, 0.4) is 0 Å². The number of esters is 7. The Bertz CT molecular complexity index is 1810. The molecule has 0 unspecified atom stereocenters. The Morgan fingerprint density at radius 2 is 1.04 bits per heavy atom. The molecule has 1 fully saturated rings. The zero-order chi connectivity index (χ0) is 39.2. The summed E-state index contributed by atoms with van der Waals surface area (Å²) in [5, 5.41) is 0. The van der Waals surface area contributed by atoms with Crippen molar-refractivity contribution >= 4 is 41.8 Å². The summed E-state index contributed by atoms with van der Waals surface area (Å²) in [5.74, 6) is -6.85. The van der Waals surface area contributed by atoms with E-state index in [9.17, 15) is 33.6 Å². The lowest BCUT2D eigenvalue weighted by Gasteiger charge is -2.34. The lowest BCUT2D eigenvalue weighted by Crippen LogP contribution is -2.50. The summed E-state index contributed by atoms with van der Waals surface area (Å²) in [6.07, 6.45) is -5.91. The molecule has 0 bridgehead atoms. The quantitative estimate of drug-likeness (QED) is 0.0718. The third-order valence-corrected chi connectivity index (χ3v) is 7.73. The normalized spacial score (nSPS) is 17.9. The van der Waals surface area contributed by atoms with E-state index >= 15 is 0 Å². The molecule has 5 atom stereocenters. The van der Waals surface area contributed by atoms with Crippen molar-refractivity contribution in [2.75, 3.05) is 19.8 Å². The second-order valence-corrected chi connectivity index (χ2v) is 11.5. The van der Waals surface area contributed by atoms with Gasteiger partial charge in [0.05, 0.1) is 29.9 Å². The molecule has 0 aromatic heterocycles. The Morgan fingerprint density at radius 3 is 1.46 bits per heavy atom. The minimum Gasteiger partial charge on any atom is -0.462 e. The second-order valence-electron chi connectivity index (χ2n) is 11.5. The zero-order valence-corrected chi connectivity index (χ0v) is 29.9. The van der Waals surface area contributed by atoms with Crippen LogP contribution in [0.5, 0.6) is 0 Å². The first-order valence-electron chi connectivity index (χ1n) is 16.9. The van der Waals surface area contributed by atoms with Gasteiger partial charge in [0.25, 0.3) is 0 Å². The molecule has 1 aliphatic rings. The molecule has 15 heteroatoms. The minimum absolute atomic E-state index is 0.0562. The first kappa shape index (κ1) is 40.3. The second kappa shape index (κ2) is 19.4. The fraction of sp³-hybridized carbons (Fsp3) is 0.308. The van der Waals surface area contributed by atoms with Crippen LogP contribution < -0.4 is 0 Å². The third-order valence-electron chi connectivity index (χ3n) is 7.73. The maximum Gasteiger partial charge on any atom is 0.347 e. The van der Waals surface area contributed by atoms with Gasteiger partial charge in [-0.2, -0.15) is 0 Å². The molecular formula is C39H39NO14. The molecule has 0 radical (unpaired) electrons. The van der Waals surface area contributed by atoms with Crippen LogP contribution in [0.25, 0.3) is 0 Å². The topological polar surface area (TPSA) is 187 Å². The van der Waals surface area contributed by atoms with E-state index in [0.717, 1.165) is 24.9 Å². The van der Waals surface area contributed by atoms with Crippen molar-refractivity contribution in [2.45, 2.75) is 58.3 Å². The Hall–Kier alpha value is -6.51. The molecule has 3 aromatic carbocycles. The highest BCUT2D eigenvalue weighted by molar-refractivity contribution is 6.14. The molecule has 284 valence electrons. The maximum atomic E-state index is 13.7. The highest BCUT2D eigenvalue weighted by Gasteiger charge is 2.58. The number of ether oxygens (including phenoxy) is 7. The summed E-state index contributed by atoms with van der Waals surface area (Å²) in [5.41, 5.74) is -0.453. The summed E-state index contributed by atoms with van der Waals surface area (Å²) in [4.78, 5) is 93.4. The maximum absolute atomic E-state index is 13.7. The van der Waals surface area contributed by atoms with E-state index < -0.39 is 84.5 Å². The van der Waals surface area contributed by atoms with Crippen LogP contribution in [0.15, 0.2) is 103 Å². The zero-order valence-electron chi connectivity index (χ0n) is 29.9. The summed E-state index contributed by atoms with van der Waals surface area (Å²) < 4.78 is 39.1. The Labute approximate surface area is 310 Å². The van der Waals surface area contributed by atoms with Crippen LogP contribution in [0.4, 0.5) is 0 Å². The van der Waals surface area contributed by atoms with Gasteiger partial charge in [0, 0.05) is 20.0 Å². The van der Waals surface area contributed by atoms with Gasteiger partial charge in [-0.25, -0.2) is 24.0 Å². The van der Waals surface area contributed by atoms with Crippen LogP contribution >= 0.6 is 0 Å². The van der Waals surface area contributed by atoms with Crippen molar-refractivity contribution in [3.8, 4) is 0 Å². The van der Waals surface area contributed by atoms with Gasteiger partial charge in [0.15, 0.2) is 23.9 Å². The molecule has 1 saturated heterocycles. The number of likely N-dealkylation sites (tertiary alicyclic amines) is 1. The SMILES string of the molecule is CCOC(=O)C(=CN1[C@@H]([C@@H](COC(=O)c2ccccc2)OC(C)=O)[C@H](OC(=O)c2ccccc2)[C@@H](OC(=O)c2ccccc2)[C@H]1OC(C)=O)C(=O)OCC. The lowest BCUT2D eigenvalue weighted by atomic mass is 10.0. The average molecular weight is 746 g/mol. The van der Waals surface area contributed by atoms with Crippen LogP contribution in [0.1, 0.15) is 58.8 Å². The van der Waals surface area contributed by atoms with Crippen molar-refractivity contribution in [1.29, 1.82) is 0 Å². The molecule has 1 aliphatic heterocycles. The Kier molecular flexibility index (Phi) is 14.4. The number of carbonyl (C=O) groups excluding carboxylic acids is 7. The van der Waals surface area contributed by atoms with Crippen molar-refractivity contribution in [2.24, 2.45) is 0 Å². The summed E-state index contributed by atoms with van der Waals surface area (Å²) in [7, 11) is 0. The van der Waals surface area contributed by atoms with Gasteiger partial charge in [-0.1, -0.05) is 54.6 Å². The van der Waals surface area contributed by atoms with E-state index in [0.29, 0.717) is 0 Å². The number of nitrogens with zero attached hydrogens (tertiary/aromatic N) is 1. The van der Waals surface area contributed by atoms with Gasteiger partial charge in [-0.05, 0) is 50.2 Å². The summed E-state index contributed by atoms with van der Waals surface area (Å²) in [6.45, 7) is 4.07. The number of rotatable bonds is 15. The van der Waals surface area contributed by atoms with Crippen molar-refractivity contribution in [3.05, 3.63) is 119 Å². The molecule has 54 heavy (non-hydrogen) atoms. The number of hydrogen-bond donors (Lipinski definition) is 0.